The van der Waals surface area contributed by atoms with Gasteiger partial charge in [0.2, 0.25) is 16.9 Å². The first-order chi connectivity index (χ1) is 12.2. The number of fused-ring (bicyclic) bond motifs is 1. The van der Waals surface area contributed by atoms with E-state index in [9.17, 15) is 4.79 Å². The molecular formula is C21H16O4. The summed E-state index contributed by atoms with van der Waals surface area (Å²) >= 11 is 0. The molecule has 0 aliphatic rings. The minimum Gasteiger partial charge on any atom is -0.481 e. The Morgan fingerprint density at radius 3 is 2.56 bits per heavy atom. The van der Waals surface area contributed by atoms with Gasteiger partial charge >= 0.3 is 0 Å². The van der Waals surface area contributed by atoms with E-state index in [4.69, 9.17) is 13.6 Å². The maximum atomic E-state index is 12.9. The molecule has 0 fully saturated rings. The van der Waals surface area contributed by atoms with Crippen LogP contribution in [0.5, 0.6) is 5.75 Å². The molecule has 2 aromatic carbocycles. The molecule has 0 aliphatic heterocycles. The van der Waals surface area contributed by atoms with Crippen molar-refractivity contribution < 1.29 is 13.6 Å². The van der Waals surface area contributed by atoms with Crippen LogP contribution >= 0.6 is 0 Å². The summed E-state index contributed by atoms with van der Waals surface area (Å²) in [6, 6.07) is 18.5. The van der Waals surface area contributed by atoms with Crippen LogP contribution in [0, 0.1) is 6.92 Å². The van der Waals surface area contributed by atoms with Crippen LogP contribution in [0.3, 0.4) is 0 Å². The third-order valence-corrected chi connectivity index (χ3v) is 4.13. The number of rotatable bonds is 4. The molecule has 4 heteroatoms. The number of aryl methyl sites for hydroxylation is 1. The van der Waals surface area contributed by atoms with Gasteiger partial charge in [0.05, 0.1) is 11.6 Å². The third kappa shape index (κ3) is 2.83. The second-order valence-corrected chi connectivity index (χ2v) is 5.78. The van der Waals surface area contributed by atoms with Crippen molar-refractivity contribution in [3.8, 4) is 17.3 Å². The van der Waals surface area contributed by atoms with E-state index in [-0.39, 0.29) is 17.8 Å². The lowest BCUT2D eigenvalue weighted by Gasteiger charge is -2.11. The number of ether oxygens (including phenoxy) is 1. The number of furan rings is 1. The topological polar surface area (TPSA) is 52.6 Å². The van der Waals surface area contributed by atoms with Crippen LogP contribution in [-0.4, -0.2) is 0 Å². The number of hydrogen-bond donors (Lipinski definition) is 0. The average molecular weight is 332 g/mol. The maximum absolute atomic E-state index is 12.9. The smallest absolute Gasteiger partial charge is 0.235 e. The van der Waals surface area contributed by atoms with Crippen molar-refractivity contribution in [3.05, 3.63) is 88.3 Å². The third-order valence-electron chi connectivity index (χ3n) is 4.13. The first kappa shape index (κ1) is 15.3. The summed E-state index contributed by atoms with van der Waals surface area (Å²) in [4.78, 5) is 12.9. The maximum Gasteiger partial charge on any atom is 0.235 e. The van der Waals surface area contributed by atoms with Gasteiger partial charge in [-0.3, -0.25) is 4.79 Å². The van der Waals surface area contributed by atoms with Gasteiger partial charge in [-0.2, -0.15) is 0 Å². The Morgan fingerprint density at radius 2 is 1.76 bits per heavy atom. The lowest BCUT2D eigenvalue weighted by Crippen LogP contribution is -2.10. The van der Waals surface area contributed by atoms with Gasteiger partial charge in [-0.25, -0.2) is 0 Å². The second kappa shape index (κ2) is 6.32. The summed E-state index contributed by atoms with van der Waals surface area (Å²) in [7, 11) is 0. The molecule has 0 saturated carbocycles. The highest BCUT2D eigenvalue weighted by Crippen LogP contribution is 2.31. The molecule has 2 heterocycles. The Hall–Kier alpha value is -3.27. The molecular weight excluding hydrogens is 316 g/mol. The van der Waals surface area contributed by atoms with Crippen LogP contribution in [0.15, 0.2) is 80.6 Å². The second-order valence-electron chi connectivity index (χ2n) is 5.78. The molecule has 0 radical (unpaired) electrons. The van der Waals surface area contributed by atoms with Crippen molar-refractivity contribution in [1.29, 1.82) is 0 Å². The van der Waals surface area contributed by atoms with Gasteiger partial charge < -0.3 is 13.6 Å². The predicted octanol–water partition coefficient (Wildman–Crippen LogP) is 4.94. The predicted molar refractivity (Wildman–Crippen MR) is 95.7 cm³/mol. The van der Waals surface area contributed by atoms with Crippen LogP contribution in [0.2, 0.25) is 0 Å². The van der Waals surface area contributed by atoms with Gasteiger partial charge in [0.1, 0.15) is 12.2 Å². The van der Waals surface area contributed by atoms with Crippen molar-refractivity contribution in [3.63, 3.8) is 0 Å². The number of para-hydroxylation sites is 1. The van der Waals surface area contributed by atoms with Crippen LogP contribution in [-0.2, 0) is 6.61 Å². The van der Waals surface area contributed by atoms with Gasteiger partial charge in [-0.15, -0.1) is 0 Å². The summed E-state index contributed by atoms with van der Waals surface area (Å²) in [6.07, 6.45) is 1.54. The van der Waals surface area contributed by atoms with E-state index >= 15 is 0 Å². The molecule has 0 saturated heterocycles. The van der Waals surface area contributed by atoms with Crippen molar-refractivity contribution >= 4 is 11.0 Å². The van der Waals surface area contributed by atoms with Crippen LogP contribution < -0.4 is 10.2 Å². The minimum absolute atomic E-state index is 0.164. The van der Waals surface area contributed by atoms with Crippen LogP contribution in [0.4, 0.5) is 0 Å². The van der Waals surface area contributed by atoms with Gasteiger partial charge in [0.25, 0.3) is 0 Å². The molecule has 0 bridgehead atoms. The lowest BCUT2D eigenvalue weighted by atomic mass is 10.1. The van der Waals surface area contributed by atoms with Gasteiger partial charge in [-0.1, -0.05) is 36.4 Å². The molecule has 0 aliphatic carbocycles. The van der Waals surface area contributed by atoms with E-state index in [1.54, 1.807) is 30.3 Å². The lowest BCUT2D eigenvalue weighted by molar-refractivity contribution is 0.295. The molecule has 25 heavy (non-hydrogen) atoms. The fraction of sp³-hybridized carbons (Fsp3) is 0.0952. The summed E-state index contributed by atoms with van der Waals surface area (Å²) in [5.41, 5.74) is 2.41. The van der Waals surface area contributed by atoms with Gasteiger partial charge in [0.15, 0.2) is 5.76 Å². The van der Waals surface area contributed by atoms with Crippen molar-refractivity contribution in [2.75, 3.05) is 0 Å². The highest BCUT2D eigenvalue weighted by atomic mass is 16.5. The van der Waals surface area contributed by atoms with E-state index < -0.39 is 0 Å². The normalized spacial score (nSPS) is 10.9. The zero-order chi connectivity index (χ0) is 17.2. The number of benzene rings is 2. The molecule has 0 atom stereocenters. The van der Waals surface area contributed by atoms with E-state index in [0.717, 1.165) is 11.1 Å². The highest BCUT2D eigenvalue weighted by molar-refractivity contribution is 5.81. The van der Waals surface area contributed by atoms with E-state index in [0.29, 0.717) is 22.5 Å². The van der Waals surface area contributed by atoms with Crippen molar-refractivity contribution in [1.82, 2.24) is 0 Å². The minimum atomic E-state index is -0.207. The molecule has 4 rings (SSSR count). The van der Waals surface area contributed by atoms with Crippen LogP contribution in [0.25, 0.3) is 22.5 Å². The molecule has 0 amide bonds. The molecule has 0 spiro atoms. The van der Waals surface area contributed by atoms with E-state index in [1.165, 1.54) is 6.26 Å². The first-order valence-electron chi connectivity index (χ1n) is 8.01. The largest absolute Gasteiger partial charge is 0.481 e. The van der Waals surface area contributed by atoms with E-state index in [2.05, 4.69) is 0 Å². The van der Waals surface area contributed by atoms with E-state index in [1.807, 2.05) is 37.3 Å². The standard InChI is InChI=1S/C21H16O4/c1-14-7-2-3-8-15(14)13-24-21-19(22)16-9-4-5-10-17(16)25-20(21)18-11-6-12-23-18/h2-12H,13H2,1H3. The Morgan fingerprint density at radius 1 is 0.960 bits per heavy atom. The molecule has 2 aromatic heterocycles. The quantitative estimate of drug-likeness (QED) is 0.531. The van der Waals surface area contributed by atoms with Crippen LogP contribution in [0.1, 0.15) is 11.1 Å². The van der Waals surface area contributed by atoms with Crippen molar-refractivity contribution in [2.45, 2.75) is 13.5 Å². The molecule has 124 valence electrons. The Kier molecular flexibility index (Phi) is 3.86. The monoisotopic (exact) mass is 332 g/mol. The zero-order valence-electron chi connectivity index (χ0n) is 13.7. The Labute approximate surface area is 144 Å². The fourth-order valence-corrected chi connectivity index (χ4v) is 2.75. The molecule has 0 N–H and O–H groups in total. The Balaban J connectivity index is 1.83. The van der Waals surface area contributed by atoms with Crippen molar-refractivity contribution in [2.24, 2.45) is 0 Å². The summed E-state index contributed by atoms with van der Waals surface area (Å²) in [5.74, 6) is 0.932. The van der Waals surface area contributed by atoms with Gasteiger partial charge in [-0.05, 0) is 42.3 Å². The fourth-order valence-electron chi connectivity index (χ4n) is 2.75. The first-order valence-corrected chi connectivity index (χ1v) is 8.01. The van der Waals surface area contributed by atoms with Gasteiger partial charge in [0, 0.05) is 0 Å². The average Bonchev–Trinajstić information content (AvgIpc) is 3.17. The zero-order valence-corrected chi connectivity index (χ0v) is 13.7. The summed E-state index contributed by atoms with van der Waals surface area (Å²) in [6.45, 7) is 2.29. The summed E-state index contributed by atoms with van der Waals surface area (Å²) in [5, 5.41) is 0.484. The molecule has 4 aromatic rings. The molecule has 0 unspecified atom stereocenters. The Bertz CT molecular complexity index is 1070. The summed E-state index contributed by atoms with van der Waals surface area (Å²) < 4.78 is 17.2. The SMILES string of the molecule is Cc1ccccc1COc1c(-c2ccco2)oc2ccccc2c1=O. The highest BCUT2D eigenvalue weighted by Gasteiger charge is 2.19. The number of hydrogen-bond acceptors (Lipinski definition) is 4. The molecule has 4 nitrogen and oxygen atoms in total.